The lowest BCUT2D eigenvalue weighted by Crippen LogP contribution is -1.97. The van der Waals surface area contributed by atoms with Gasteiger partial charge >= 0.3 is 0 Å². The lowest BCUT2D eigenvalue weighted by atomic mass is 10.2. The van der Waals surface area contributed by atoms with E-state index in [9.17, 15) is 0 Å². The molecule has 4 nitrogen and oxygen atoms in total. The van der Waals surface area contributed by atoms with Crippen molar-refractivity contribution >= 4 is 12.3 Å². The van der Waals surface area contributed by atoms with Crippen molar-refractivity contribution < 1.29 is 0 Å². The molecule has 2 rings (SSSR count). The number of nitrogens with zero attached hydrogens (tertiary/aromatic N) is 4. The van der Waals surface area contributed by atoms with E-state index < -0.39 is 0 Å². The van der Waals surface area contributed by atoms with Crippen LogP contribution in [0.15, 0.2) is 44.5 Å². The van der Waals surface area contributed by atoms with Gasteiger partial charge in [-0.3, -0.25) is 0 Å². The van der Waals surface area contributed by atoms with Crippen LogP contribution in [-0.4, -0.2) is 18.8 Å². The zero-order valence-corrected chi connectivity index (χ0v) is 6.46. The van der Waals surface area contributed by atoms with E-state index in [4.69, 9.17) is 0 Å². The molecular formula is C8H8N4. The molecule has 0 fully saturated rings. The largest absolute Gasteiger partial charge is 0.265 e. The highest BCUT2D eigenvalue weighted by Crippen LogP contribution is 2.09. The fourth-order valence-corrected chi connectivity index (χ4v) is 1.04. The third-order valence-corrected chi connectivity index (χ3v) is 1.64. The Labute approximate surface area is 70.1 Å². The fraction of sp³-hybridized carbons (Fsp3) is 0.250. The van der Waals surface area contributed by atoms with Crippen LogP contribution in [0.25, 0.3) is 0 Å². The molecule has 2 aliphatic rings. The van der Waals surface area contributed by atoms with Crippen molar-refractivity contribution in [3.8, 4) is 0 Å². The van der Waals surface area contributed by atoms with Gasteiger partial charge in [0.05, 0.1) is 6.54 Å². The number of allylic oxidation sites excluding steroid dienone is 2. The van der Waals surface area contributed by atoms with Crippen LogP contribution in [0.4, 0.5) is 0 Å². The van der Waals surface area contributed by atoms with Crippen molar-refractivity contribution in [2.45, 2.75) is 0 Å². The van der Waals surface area contributed by atoms with Gasteiger partial charge in [-0.25, -0.2) is 4.99 Å². The SMILES string of the molecule is C1=CC(CN=C2N=CN=N2)C=C1. The summed E-state index contributed by atoms with van der Waals surface area (Å²) in [5.74, 6) is 0.882. The molecule has 4 heteroatoms. The van der Waals surface area contributed by atoms with Gasteiger partial charge in [0.15, 0.2) is 0 Å². The molecule has 0 aromatic rings. The van der Waals surface area contributed by atoms with Crippen molar-refractivity contribution in [3.63, 3.8) is 0 Å². The monoisotopic (exact) mass is 160 g/mol. The topological polar surface area (TPSA) is 49.4 Å². The Bertz CT molecular complexity index is 283. The van der Waals surface area contributed by atoms with E-state index in [1.165, 1.54) is 6.34 Å². The summed E-state index contributed by atoms with van der Waals surface area (Å²) in [5.41, 5.74) is 0. The van der Waals surface area contributed by atoms with Crippen LogP contribution >= 0.6 is 0 Å². The molecule has 0 saturated carbocycles. The Morgan fingerprint density at radius 1 is 1.33 bits per heavy atom. The first-order valence-electron chi connectivity index (χ1n) is 3.78. The predicted octanol–water partition coefficient (Wildman–Crippen LogP) is 1.58. The summed E-state index contributed by atoms with van der Waals surface area (Å²) in [6.45, 7) is 0.707. The molecule has 0 saturated heterocycles. The lowest BCUT2D eigenvalue weighted by molar-refractivity contribution is 0.829. The van der Waals surface area contributed by atoms with Gasteiger partial charge < -0.3 is 0 Å². The van der Waals surface area contributed by atoms with Crippen LogP contribution in [0, 0.1) is 5.92 Å². The average Bonchev–Trinajstić information content (AvgIpc) is 2.74. The molecule has 0 N–H and O–H groups in total. The molecule has 1 heterocycles. The number of hydrogen-bond acceptors (Lipinski definition) is 2. The highest BCUT2D eigenvalue weighted by Gasteiger charge is 2.03. The first kappa shape index (κ1) is 7.09. The molecule has 0 atom stereocenters. The number of rotatable bonds is 2. The molecule has 0 bridgehead atoms. The van der Waals surface area contributed by atoms with E-state index in [1.54, 1.807) is 0 Å². The number of hydrogen-bond donors (Lipinski definition) is 0. The van der Waals surface area contributed by atoms with Gasteiger partial charge in [0.25, 0.3) is 5.96 Å². The minimum atomic E-state index is 0.406. The molecule has 0 unspecified atom stereocenters. The Kier molecular flexibility index (Phi) is 1.90. The van der Waals surface area contributed by atoms with Crippen LogP contribution < -0.4 is 0 Å². The fourth-order valence-electron chi connectivity index (χ4n) is 1.04. The number of azo groups is 1. The third kappa shape index (κ3) is 1.53. The molecule has 0 radical (unpaired) electrons. The van der Waals surface area contributed by atoms with Gasteiger partial charge in [0.1, 0.15) is 6.34 Å². The summed E-state index contributed by atoms with van der Waals surface area (Å²) in [4.78, 5) is 8.00. The summed E-state index contributed by atoms with van der Waals surface area (Å²) in [5, 5.41) is 7.28. The first-order valence-corrected chi connectivity index (χ1v) is 3.78. The smallest absolute Gasteiger partial charge is 0.247 e. The van der Waals surface area contributed by atoms with Crippen LogP contribution in [0.1, 0.15) is 0 Å². The average molecular weight is 160 g/mol. The van der Waals surface area contributed by atoms with E-state index in [-0.39, 0.29) is 0 Å². The third-order valence-electron chi connectivity index (χ3n) is 1.64. The van der Waals surface area contributed by atoms with Gasteiger partial charge in [-0.1, -0.05) is 24.3 Å². The zero-order chi connectivity index (χ0) is 8.23. The maximum Gasteiger partial charge on any atom is 0.265 e. The quantitative estimate of drug-likeness (QED) is 0.589. The minimum absolute atomic E-state index is 0.406. The van der Waals surface area contributed by atoms with Crippen molar-refractivity contribution in [2.24, 2.45) is 26.1 Å². The number of aliphatic imine (C=N–C) groups is 2. The second-order valence-corrected chi connectivity index (χ2v) is 2.53. The van der Waals surface area contributed by atoms with Crippen molar-refractivity contribution in [1.82, 2.24) is 0 Å². The van der Waals surface area contributed by atoms with E-state index >= 15 is 0 Å². The Morgan fingerprint density at radius 3 is 2.83 bits per heavy atom. The van der Waals surface area contributed by atoms with E-state index in [2.05, 4.69) is 32.4 Å². The lowest BCUT2D eigenvalue weighted by Gasteiger charge is -1.97. The molecular weight excluding hydrogens is 152 g/mol. The van der Waals surface area contributed by atoms with Crippen LogP contribution in [0.2, 0.25) is 0 Å². The van der Waals surface area contributed by atoms with Crippen molar-refractivity contribution in [2.75, 3.05) is 6.54 Å². The molecule has 0 spiro atoms. The highest BCUT2D eigenvalue weighted by atomic mass is 15.3. The summed E-state index contributed by atoms with van der Waals surface area (Å²) in [7, 11) is 0. The summed E-state index contributed by atoms with van der Waals surface area (Å²) in [6.07, 6.45) is 9.63. The molecule has 0 aromatic carbocycles. The Balaban J connectivity index is 1.92. The molecule has 0 aromatic heterocycles. The van der Waals surface area contributed by atoms with Crippen molar-refractivity contribution in [1.29, 1.82) is 0 Å². The highest BCUT2D eigenvalue weighted by molar-refractivity contribution is 5.91. The molecule has 1 aliphatic carbocycles. The normalized spacial score (nSPS) is 23.5. The van der Waals surface area contributed by atoms with E-state index in [0.29, 0.717) is 18.4 Å². The minimum Gasteiger partial charge on any atom is -0.247 e. The second kappa shape index (κ2) is 3.21. The summed E-state index contributed by atoms with van der Waals surface area (Å²) in [6, 6.07) is 0. The van der Waals surface area contributed by atoms with Crippen molar-refractivity contribution in [3.05, 3.63) is 24.3 Å². The molecule has 12 heavy (non-hydrogen) atoms. The van der Waals surface area contributed by atoms with Gasteiger partial charge in [-0.2, -0.15) is 4.99 Å². The maximum atomic E-state index is 4.16. The zero-order valence-electron chi connectivity index (χ0n) is 6.46. The summed E-state index contributed by atoms with van der Waals surface area (Å²) < 4.78 is 0. The first-order chi connectivity index (χ1) is 5.95. The molecule has 60 valence electrons. The van der Waals surface area contributed by atoms with Crippen LogP contribution in [-0.2, 0) is 0 Å². The van der Waals surface area contributed by atoms with Gasteiger partial charge in [-0.15, -0.1) is 10.2 Å². The van der Waals surface area contributed by atoms with Gasteiger partial charge in [0.2, 0.25) is 0 Å². The van der Waals surface area contributed by atoms with Gasteiger partial charge in [-0.05, 0) is 0 Å². The number of guanidine groups is 1. The Hall–Kier alpha value is -1.58. The van der Waals surface area contributed by atoms with Gasteiger partial charge in [0, 0.05) is 5.92 Å². The molecule has 0 amide bonds. The standard InChI is InChI=1S/C8H8N4/c1-2-4-7(3-1)5-9-8-10-6-11-12-8/h1-4,6-7H,5H2. The second-order valence-electron chi connectivity index (χ2n) is 2.53. The maximum absolute atomic E-state index is 4.16. The Morgan fingerprint density at radius 2 is 2.17 bits per heavy atom. The predicted molar refractivity (Wildman–Crippen MR) is 47.4 cm³/mol. The van der Waals surface area contributed by atoms with Crippen LogP contribution in [0.5, 0.6) is 0 Å². The summed E-state index contributed by atoms with van der Waals surface area (Å²) >= 11 is 0. The van der Waals surface area contributed by atoms with E-state index in [0.717, 1.165) is 0 Å². The van der Waals surface area contributed by atoms with E-state index in [1.807, 2.05) is 12.2 Å². The molecule has 1 aliphatic heterocycles. The van der Waals surface area contributed by atoms with Crippen LogP contribution in [0.3, 0.4) is 0 Å².